The number of ether oxygens (including phenoxy) is 1. The summed E-state index contributed by atoms with van der Waals surface area (Å²) in [6, 6.07) is 3.20. The highest BCUT2D eigenvalue weighted by molar-refractivity contribution is 8.55. The molecule has 0 radical (unpaired) electrons. The molecule has 1 aliphatic heterocycles. The van der Waals surface area contributed by atoms with Crippen molar-refractivity contribution in [2.75, 3.05) is 12.4 Å². The third-order valence-electron chi connectivity index (χ3n) is 8.93. The van der Waals surface area contributed by atoms with Gasteiger partial charge in [-0.1, -0.05) is 23.9 Å². The lowest BCUT2D eigenvalue weighted by Gasteiger charge is -2.56. The van der Waals surface area contributed by atoms with Crippen molar-refractivity contribution >= 4 is 15.1 Å². The van der Waals surface area contributed by atoms with Crippen LogP contribution in [0.15, 0.2) is 12.1 Å². The van der Waals surface area contributed by atoms with Crippen LogP contribution in [0.5, 0.6) is 5.75 Å². The van der Waals surface area contributed by atoms with Crippen LogP contribution in [-0.2, 0) is 0 Å². The SMILES string of the molecule is CC1(C)CS1(C#N)C(=O)c1cc(C2CC2)c(OCC23CC4CC(CC(C4)C2)C3)cc1F. The lowest BCUT2D eigenvalue weighted by Crippen LogP contribution is -2.48. The molecule has 1 saturated heterocycles. The standard InChI is InChI=1S/C26H32FNO2S/c1-25(2)14-31(25,15-28)24(29)21-8-20(19-3-4-19)23(9-22(21)27)30-13-26-10-16-5-17(11-26)7-18(6-16)12-26/h8-9,16-19H,3-7,10-14H2,1-2H3. The highest BCUT2D eigenvalue weighted by Gasteiger charge is 2.63. The number of nitriles is 1. The maximum atomic E-state index is 15.2. The molecule has 1 atom stereocenters. The molecule has 7 rings (SSSR count). The second kappa shape index (κ2) is 6.50. The molecule has 5 aliphatic carbocycles. The van der Waals surface area contributed by atoms with Crippen LogP contribution in [0.25, 0.3) is 0 Å². The summed E-state index contributed by atoms with van der Waals surface area (Å²) in [7, 11) is -2.09. The quantitative estimate of drug-likeness (QED) is 0.386. The molecule has 5 saturated carbocycles. The van der Waals surface area contributed by atoms with Crippen LogP contribution in [0.3, 0.4) is 0 Å². The smallest absolute Gasteiger partial charge is 0.218 e. The Morgan fingerprint density at radius 3 is 2.23 bits per heavy atom. The van der Waals surface area contributed by atoms with E-state index in [1.165, 1.54) is 44.6 Å². The highest BCUT2D eigenvalue weighted by atomic mass is 32.3. The van der Waals surface area contributed by atoms with Gasteiger partial charge in [0.05, 0.1) is 12.2 Å². The van der Waals surface area contributed by atoms with Crippen molar-refractivity contribution in [1.29, 1.82) is 5.26 Å². The lowest BCUT2D eigenvalue weighted by atomic mass is 9.50. The number of benzene rings is 1. The van der Waals surface area contributed by atoms with Gasteiger partial charge in [-0.05, 0) is 86.7 Å². The minimum atomic E-state index is -2.09. The van der Waals surface area contributed by atoms with Crippen molar-refractivity contribution in [3.8, 4) is 11.2 Å². The van der Waals surface area contributed by atoms with Crippen LogP contribution < -0.4 is 4.74 Å². The fourth-order valence-corrected chi connectivity index (χ4v) is 10.4. The molecule has 0 N–H and O–H groups in total. The molecular weight excluding hydrogens is 409 g/mol. The van der Waals surface area contributed by atoms with Crippen LogP contribution >= 0.6 is 10.0 Å². The number of hydrogen-bond acceptors (Lipinski definition) is 3. The number of thiocyanates is 1. The van der Waals surface area contributed by atoms with Crippen LogP contribution in [0.2, 0.25) is 0 Å². The zero-order valence-corrected chi connectivity index (χ0v) is 19.4. The molecule has 6 fully saturated rings. The Hall–Kier alpha value is -1.54. The normalized spacial score (nSPS) is 41.3. The predicted octanol–water partition coefficient (Wildman–Crippen LogP) is 6.52. The van der Waals surface area contributed by atoms with Crippen molar-refractivity contribution in [3.63, 3.8) is 0 Å². The summed E-state index contributed by atoms with van der Waals surface area (Å²) in [5.74, 6) is 3.66. The number of carbonyl (C=O) groups is 1. The van der Waals surface area contributed by atoms with E-state index in [1.807, 2.05) is 13.8 Å². The topological polar surface area (TPSA) is 50.1 Å². The molecule has 166 valence electrons. The second-order valence-corrected chi connectivity index (χ2v) is 15.3. The summed E-state index contributed by atoms with van der Waals surface area (Å²) in [5.41, 5.74) is 1.37. The monoisotopic (exact) mass is 441 g/mol. The van der Waals surface area contributed by atoms with Crippen LogP contribution in [0.1, 0.15) is 87.1 Å². The molecule has 1 heterocycles. The average Bonchev–Trinajstić information content (AvgIpc) is 3.61. The van der Waals surface area contributed by atoms with Gasteiger partial charge in [0.15, 0.2) is 0 Å². The minimum absolute atomic E-state index is 0.117. The van der Waals surface area contributed by atoms with E-state index in [-0.39, 0.29) is 20.8 Å². The van der Waals surface area contributed by atoms with Gasteiger partial charge in [-0.2, -0.15) is 5.26 Å². The Morgan fingerprint density at radius 1 is 1.16 bits per heavy atom. The van der Waals surface area contributed by atoms with Crippen LogP contribution in [-0.4, -0.2) is 22.2 Å². The van der Waals surface area contributed by atoms with Gasteiger partial charge < -0.3 is 4.74 Å². The van der Waals surface area contributed by atoms with Gasteiger partial charge in [0, 0.05) is 22.0 Å². The highest BCUT2D eigenvalue weighted by Crippen LogP contribution is 2.76. The van der Waals surface area contributed by atoms with E-state index in [9.17, 15) is 10.1 Å². The molecule has 3 nitrogen and oxygen atoms in total. The summed E-state index contributed by atoms with van der Waals surface area (Å²) < 4.78 is 21.3. The first-order valence-corrected chi connectivity index (χ1v) is 13.8. The van der Waals surface area contributed by atoms with E-state index in [0.29, 0.717) is 24.0 Å². The molecule has 5 heteroatoms. The summed E-state index contributed by atoms with van der Waals surface area (Å²) >= 11 is 0. The van der Waals surface area contributed by atoms with E-state index in [0.717, 1.165) is 36.2 Å². The molecule has 0 amide bonds. The molecule has 1 unspecified atom stereocenters. The Labute approximate surface area is 186 Å². The molecule has 1 aromatic carbocycles. The van der Waals surface area contributed by atoms with E-state index < -0.39 is 15.8 Å². The van der Waals surface area contributed by atoms with E-state index in [1.54, 1.807) is 6.07 Å². The Morgan fingerprint density at radius 2 is 1.74 bits per heavy atom. The van der Waals surface area contributed by atoms with Gasteiger partial charge in [-0.25, -0.2) is 4.39 Å². The largest absolute Gasteiger partial charge is 0.493 e. The Kier molecular flexibility index (Phi) is 4.21. The van der Waals surface area contributed by atoms with Crippen LogP contribution in [0, 0.1) is 39.6 Å². The third kappa shape index (κ3) is 3.08. The summed E-state index contributed by atoms with van der Waals surface area (Å²) in [6.45, 7) is 4.58. The zero-order valence-electron chi connectivity index (χ0n) is 18.6. The number of rotatable bonds is 5. The van der Waals surface area contributed by atoms with Gasteiger partial charge in [0.2, 0.25) is 5.12 Å². The van der Waals surface area contributed by atoms with Gasteiger partial charge in [-0.3, -0.25) is 4.79 Å². The Balaban J connectivity index is 1.27. The second-order valence-electron chi connectivity index (χ2n) is 11.9. The van der Waals surface area contributed by atoms with Crippen LogP contribution in [0.4, 0.5) is 4.39 Å². The number of nitrogens with zero attached hydrogens (tertiary/aromatic N) is 1. The van der Waals surface area contributed by atoms with Gasteiger partial charge in [-0.15, -0.1) is 0 Å². The first kappa shape index (κ1) is 20.1. The molecule has 4 bridgehead atoms. The predicted molar refractivity (Wildman–Crippen MR) is 121 cm³/mol. The maximum absolute atomic E-state index is 15.2. The zero-order chi connectivity index (χ0) is 21.6. The molecule has 0 aromatic heterocycles. The lowest BCUT2D eigenvalue weighted by molar-refractivity contribution is -0.0746. The summed E-state index contributed by atoms with van der Waals surface area (Å²) in [6.07, 6.45) is 10.1. The number of carbonyl (C=O) groups excluding carboxylic acids is 1. The van der Waals surface area contributed by atoms with E-state index >= 15 is 4.39 Å². The molecular formula is C26H32FNO2S. The first-order chi connectivity index (χ1) is 14.7. The summed E-state index contributed by atoms with van der Waals surface area (Å²) in [4.78, 5) is 13.2. The maximum Gasteiger partial charge on any atom is 0.218 e. The van der Waals surface area contributed by atoms with Crippen molar-refractivity contribution in [1.82, 2.24) is 0 Å². The number of hydrogen-bond donors (Lipinski definition) is 0. The summed E-state index contributed by atoms with van der Waals surface area (Å²) in [5, 5.41) is 11.7. The van der Waals surface area contributed by atoms with Crippen molar-refractivity contribution < 1.29 is 13.9 Å². The average molecular weight is 442 g/mol. The first-order valence-electron chi connectivity index (χ1n) is 12.0. The fraction of sp³-hybridized carbons (Fsp3) is 0.692. The molecule has 31 heavy (non-hydrogen) atoms. The number of halogens is 1. The van der Waals surface area contributed by atoms with Gasteiger partial charge >= 0.3 is 0 Å². The van der Waals surface area contributed by atoms with Crippen molar-refractivity contribution in [2.24, 2.45) is 23.2 Å². The fourth-order valence-electron chi connectivity index (χ4n) is 7.46. The molecule has 0 spiro atoms. The van der Waals surface area contributed by atoms with Gasteiger partial charge in [0.25, 0.3) is 0 Å². The minimum Gasteiger partial charge on any atom is -0.493 e. The van der Waals surface area contributed by atoms with Crippen molar-refractivity contribution in [3.05, 3.63) is 29.1 Å². The van der Waals surface area contributed by atoms with E-state index in [4.69, 9.17) is 4.74 Å². The van der Waals surface area contributed by atoms with Gasteiger partial charge in [0.1, 0.15) is 17.0 Å². The van der Waals surface area contributed by atoms with Crippen molar-refractivity contribution in [2.45, 2.75) is 75.9 Å². The Bertz CT molecular complexity index is 972. The molecule has 6 aliphatic rings. The van der Waals surface area contributed by atoms with E-state index in [2.05, 4.69) is 5.40 Å². The molecule has 1 aromatic rings. The third-order valence-corrected chi connectivity index (χ3v) is 12.9.